The second kappa shape index (κ2) is 6.49. The van der Waals surface area contributed by atoms with Crippen molar-refractivity contribution in [2.45, 2.75) is 32.4 Å². The first-order valence-corrected chi connectivity index (χ1v) is 6.01. The van der Waals surface area contributed by atoms with Gasteiger partial charge in [0.2, 0.25) is 0 Å². The molecule has 106 valence electrons. The van der Waals surface area contributed by atoms with E-state index in [4.69, 9.17) is 16.0 Å². The standard InChI is InChI=1S/C13H20FN3O2/c1-13(2,3-4-18)16-8-9-5-10(12(15)17-19)7-11(14)6-9/h5-7,16,18-19H,3-4,8H2,1-2H3,(H2,15,17). The topological polar surface area (TPSA) is 90.9 Å². The van der Waals surface area contributed by atoms with Crippen LogP contribution in [0.4, 0.5) is 4.39 Å². The minimum Gasteiger partial charge on any atom is -0.409 e. The van der Waals surface area contributed by atoms with Gasteiger partial charge < -0.3 is 21.4 Å². The van der Waals surface area contributed by atoms with Crippen LogP contribution < -0.4 is 11.1 Å². The molecule has 6 heteroatoms. The number of halogens is 1. The highest BCUT2D eigenvalue weighted by atomic mass is 19.1. The summed E-state index contributed by atoms with van der Waals surface area (Å²) in [6.07, 6.45) is 0.593. The predicted molar refractivity (Wildman–Crippen MR) is 71.5 cm³/mol. The molecular formula is C13H20FN3O2. The van der Waals surface area contributed by atoms with E-state index in [1.807, 2.05) is 13.8 Å². The maximum Gasteiger partial charge on any atom is 0.170 e. The minimum atomic E-state index is -0.444. The van der Waals surface area contributed by atoms with Gasteiger partial charge in [0, 0.05) is 24.3 Å². The number of nitrogens with zero attached hydrogens (tertiary/aromatic N) is 1. The maximum absolute atomic E-state index is 13.4. The summed E-state index contributed by atoms with van der Waals surface area (Å²) in [5, 5.41) is 23.6. The first-order chi connectivity index (χ1) is 8.88. The summed E-state index contributed by atoms with van der Waals surface area (Å²) in [4.78, 5) is 0. The molecule has 0 aliphatic rings. The Morgan fingerprint density at radius 3 is 2.68 bits per heavy atom. The van der Waals surface area contributed by atoms with Crippen molar-refractivity contribution in [3.05, 3.63) is 35.1 Å². The third kappa shape index (κ3) is 4.84. The molecule has 0 saturated carbocycles. The highest BCUT2D eigenvalue weighted by Crippen LogP contribution is 2.12. The molecule has 0 aliphatic carbocycles. The number of aliphatic hydroxyl groups excluding tert-OH is 1. The summed E-state index contributed by atoms with van der Waals surface area (Å²) in [5.41, 5.74) is 6.21. The van der Waals surface area contributed by atoms with Gasteiger partial charge in [0.25, 0.3) is 0 Å². The maximum atomic E-state index is 13.4. The van der Waals surface area contributed by atoms with Gasteiger partial charge in [-0.25, -0.2) is 4.39 Å². The molecule has 5 nitrogen and oxygen atoms in total. The highest BCUT2D eigenvalue weighted by molar-refractivity contribution is 5.97. The monoisotopic (exact) mass is 269 g/mol. The second-order valence-corrected chi connectivity index (χ2v) is 5.04. The van der Waals surface area contributed by atoms with Crippen LogP contribution >= 0.6 is 0 Å². The number of benzene rings is 1. The number of nitrogens with one attached hydrogen (secondary N) is 1. The Hall–Kier alpha value is -1.66. The minimum absolute atomic E-state index is 0.0819. The lowest BCUT2D eigenvalue weighted by Gasteiger charge is -2.25. The van der Waals surface area contributed by atoms with E-state index in [1.165, 1.54) is 12.1 Å². The van der Waals surface area contributed by atoms with Crippen molar-refractivity contribution in [3.63, 3.8) is 0 Å². The van der Waals surface area contributed by atoms with Crippen molar-refractivity contribution in [2.75, 3.05) is 6.61 Å². The third-order valence-corrected chi connectivity index (χ3v) is 2.87. The zero-order chi connectivity index (χ0) is 14.5. The average molecular weight is 269 g/mol. The zero-order valence-electron chi connectivity index (χ0n) is 11.2. The van der Waals surface area contributed by atoms with Crippen molar-refractivity contribution in [1.29, 1.82) is 0 Å². The van der Waals surface area contributed by atoms with Crippen molar-refractivity contribution in [1.82, 2.24) is 5.32 Å². The van der Waals surface area contributed by atoms with Gasteiger partial charge in [-0.2, -0.15) is 0 Å². The molecule has 0 fully saturated rings. The number of nitrogens with two attached hydrogens (primary N) is 1. The van der Waals surface area contributed by atoms with Crippen LogP contribution in [-0.2, 0) is 6.54 Å². The Morgan fingerprint density at radius 2 is 2.11 bits per heavy atom. The summed E-state index contributed by atoms with van der Waals surface area (Å²) in [5.74, 6) is -0.573. The zero-order valence-corrected chi connectivity index (χ0v) is 11.2. The molecule has 0 unspecified atom stereocenters. The third-order valence-electron chi connectivity index (χ3n) is 2.87. The average Bonchev–Trinajstić information content (AvgIpc) is 2.35. The molecule has 5 N–H and O–H groups in total. The van der Waals surface area contributed by atoms with Crippen LogP contribution in [0.5, 0.6) is 0 Å². The Morgan fingerprint density at radius 1 is 1.42 bits per heavy atom. The van der Waals surface area contributed by atoms with Gasteiger partial charge in [-0.05, 0) is 44.0 Å². The van der Waals surface area contributed by atoms with Crippen LogP contribution in [0.25, 0.3) is 0 Å². The fourth-order valence-electron chi connectivity index (χ4n) is 1.67. The van der Waals surface area contributed by atoms with Crippen molar-refractivity contribution in [3.8, 4) is 0 Å². The molecule has 0 atom stereocenters. The van der Waals surface area contributed by atoms with E-state index in [9.17, 15) is 4.39 Å². The van der Waals surface area contributed by atoms with Gasteiger partial charge in [-0.3, -0.25) is 0 Å². The molecular weight excluding hydrogens is 249 g/mol. The first kappa shape index (κ1) is 15.4. The normalized spacial score (nSPS) is 12.7. The van der Waals surface area contributed by atoms with Crippen molar-refractivity contribution < 1.29 is 14.7 Å². The van der Waals surface area contributed by atoms with Gasteiger partial charge in [0.15, 0.2) is 5.84 Å². The van der Waals surface area contributed by atoms with Crippen molar-refractivity contribution in [2.24, 2.45) is 10.9 Å². The fraction of sp³-hybridized carbons (Fsp3) is 0.462. The van der Waals surface area contributed by atoms with Crippen LogP contribution in [0, 0.1) is 5.82 Å². The quantitative estimate of drug-likeness (QED) is 0.270. The van der Waals surface area contributed by atoms with Crippen LogP contribution in [0.3, 0.4) is 0 Å². The number of oxime groups is 1. The lowest BCUT2D eigenvalue weighted by Crippen LogP contribution is -2.39. The fourth-order valence-corrected chi connectivity index (χ4v) is 1.67. The summed E-state index contributed by atoms with van der Waals surface area (Å²) in [6, 6.07) is 4.24. The highest BCUT2D eigenvalue weighted by Gasteiger charge is 2.16. The van der Waals surface area contributed by atoms with Crippen molar-refractivity contribution >= 4 is 5.84 Å². The number of aliphatic hydroxyl groups is 1. The van der Waals surface area contributed by atoms with Gasteiger partial charge in [-0.15, -0.1) is 0 Å². The molecule has 0 saturated heterocycles. The Bertz CT molecular complexity index is 461. The Labute approximate surface area is 111 Å². The lowest BCUT2D eigenvalue weighted by atomic mass is 10.0. The largest absolute Gasteiger partial charge is 0.409 e. The summed E-state index contributed by atoms with van der Waals surface area (Å²) in [7, 11) is 0. The smallest absolute Gasteiger partial charge is 0.170 e. The van der Waals surface area contributed by atoms with Crippen LogP contribution in [0.15, 0.2) is 23.4 Å². The Balaban J connectivity index is 2.82. The number of rotatable bonds is 6. The molecule has 19 heavy (non-hydrogen) atoms. The number of hydrogen-bond acceptors (Lipinski definition) is 4. The molecule has 0 bridgehead atoms. The molecule has 0 aromatic heterocycles. The van der Waals surface area contributed by atoms with E-state index in [0.29, 0.717) is 24.1 Å². The molecule has 0 heterocycles. The van der Waals surface area contributed by atoms with Crippen LogP contribution in [0.1, 0.15) is 31.4 Å². The van der Waals surface area contributed by atoms with Gasteiger partial charge in [0.05, 0.1) is 0 Å². The van der Waals surface area contributed by atoms with E-state index in [0.717, 1.165) is 0 Å². The summed E-state index contributed by atoms with van der Waals surface area (Å²) >= 11 is 0. The van der Waals surface area contributed by atoms with Gasteiger partial charge in [0.1, 0.15) is 5.82 Å². The van der Waals surface area contributed by atoms with E-state index in [1.54, 1.807) is 6.07 Å². The summed E-state index contributed by atoms with van der Waals surface area (Å²) < 4.78 is 13.4. The van der Waals surface area contributed by atoms with Crippen LogP contribution in [-0.4, -0.2) is 28.3 Å². The van der Waals surface area contributed by atoms with E-state index < -0.39 is 5.82 Å². The molecule has 0 spiro atoms. The molecule has 0 radical (unpaired) electrons. The number of amidine groups is 1. The Kier molecular flexibility index (Phi) is 5.26. The van der Waals surface area contributed by atoms with Gasteiger partial charge in [-0.1, -0.05) is 5.16 Å². The molecule has 1 aromatic rings. The summed E-state index contributed by atoms with van der Waals surface area (Å²) in [6.45, 7) is 4.41. The molecule has 1 rings (SSSR count). The van der Waals surface area contributed by atoms with E-state index >= 15 is 0 Å². The SMILES string of the molecule is CC(C)(CCO)NCc1cc(F)cc(/C(N)=N/O)c1. The van der Waals surface area contributed by atoms with Crippen LogP contribution in [0.2, 0.25) is 0 Å². The second-order valence-electron chi connectivity index (χ2n) is 5.04. The molecule has 0 amide bonds. The predicted octanol–water partition coefficient (Wildman–Crippen LogP) is 1.17. The first-order valence-electron chi connectivity index (χ1n) is 6.01. The van der Waals surface area contributed by atoms with E-state index in [2.05, 4.69) is 10.5 Å². The number of hydrogen-bond donors (Lipinski definition) is 4. The van der Waals surface area contributed by atoms with E-state index in [-0.39, 0.29) is 18.0 Å². The van der Waals surface area contributed by atoms with Gasteiger partial charge >= 0.3 is 0 Å². The lowest BCUT2D eigenvalue weighted by molar-refractivity contribution is 0.230. The molecule has 1 aromatic carbocycles. The molecule has 0 aliphatic heterocycles.